The molecule has 0 fully saturated rings. The molecule has 0 radical (unpaired) electrons. The quantitative estimate of drug-likeness (QED) is 0.415. The van der Waals surface area contributed by atoms with Gasteiger partial charge in [-0.2, -0.15) is 15.2 Å². The van der Waals surface area contributed by atoms with Crippen LogP contribution in [0, 0.1) is 35.7 Å². The molecule has 2 heterocycles. The molecule has 0 aliphatic carbocycles. The molecular formula is C22H17F3N8O. The van der Waals surface area contributed by atoms with Crippen LogP contribution in [0.5, 0.6) is 0 Å². The van der Waals surface area contributed by atoms with Crippen LogP contribution in [0.2, 0.25) is 0 Å². The second-order valence-electron chi connectivity index (χ2n) is 7.49. The number of nitriles is 1. The van der Waals surface area contributed by atoms with Crippen LogP contribution in [0.25, 0.3) is 16.6 Å². The lowest BCUT2D eigenvalue weighted by atomic mass is 10.1. The lowest BCUT2D eigenvalue weighted by molar-refractivity contribution is 0.579. The van der Waals surface area contributed by atoms with E-state index in [2.05, 4.69) is 20.3 Å². The molecule has 0 amide bonds. The fraction of sp³-hybridized carbons (Fsp3) is 0.136. The monoisotopic (exact) mass is 466 g/mol. The molecule has 0 bridgehead atoms. The number of aryl methyl sites for hydroxylation is 1. The van der Waals surface area contributed by atoms with Crippen LogP contribution in [0.4, 0.5) is 30.8 Å². The van der Waals surface area contributed by atoms with Gasteiger partial charge in [0, 0.05) is 6.07 Å². The van der Waals surface area contributed by atoms with E-state index in [0.29, 0.717) is 11.6 Å². The van der Waals surface area contributed by atoms with Gasteiger partial charge < -0.3 is 16.8 Å². The van der Waals surface area contributed by atoms with Gasteiger partial charge >= 0.3 is 0 Å². The lowest BCUT2D eigenvalue weighted by Gasteiger charge is -2.21. The first kappa shape index (κ1) is 22.5. The van der Waals surface area contributed by atoms with Crippen LogP contribution in [0.15, 0.2) is 35.1 Å². The number of rotatable bonds is 4. The number of benzene rings is 2. The minimum absolute atomic E-state index is 0.0474. The van der Waals surface area contributed by atoms with Crippen LogP contribution in [0.1, 0.15) is 29.9 Å². The SMILES string of the molecule is Cc1ccc(F)c2nc([C@H](C)Nc3nc(N)nc(N)c3C#N)n(-c3cc(F)cc(F)c3)c(=O)c12. The fourth-order valence-electron chi connectivity index (χ4n) is 3.62. The summed E-state index contributed by atoms with van der Waals surface area (Å²) < 4.78 is 43.7. The maximum absolute atomic E-state index is 14.7. The molecule has 34 heavy (non-hydrogen) atoms. The van der Waals surface area contributed by atoms with Gasteiger partial charge in [-0.3, -0.25) is 9.36 Å². The highest BCUT2D eigenvalue weighted by Crippen LogP contribution is 2.27. The molecule has 0 saturated heterocycles. The van der Waals surface area contributed by atoms with Crippen molar-refractivity contribution in [3.05, 3.63) is 75.1 Å². The van der Waals surface area contributed by atoms with Crippen molar-refractivity contribution in [1.29, 1.82) is 5.26 Å². The summed E-state index contributed by atoms with van der Waals surface area (Å²) in [4.78, 5) is 25.5. The smallest absolute Gasteiger partial charge is 0.266 e. The van der Waals surface area contributed by atoms with Crippen molar-refractivity contribution in [1.82, 2.24) is 19.5 Å². The number of nitrogen functional groups attached to an aromatic ring is 2. The van der Waals surface area contributed by atoms with Crippen LogP contribution in [-0.2, 0) is 0 Å². The third-order valence-corrected chi connectivity index (χ3v) is 5.12. The Balaban J connectivity index is 2.01. The molecule has 0 aliphatic heterocycles. The van der Waals surface area contributed by atoms with Crippen molar-refractivity contribution < 1.29 is 13.2 Å². The molecular weight excluding hydrogens is 449 g/mol. The second kappa shape index (κ2) is 8.36. The standard InChI is InChI=1S/C22H17F3N8O/c1-9-3-4-15(25)17-16(9)21(34)33(13-6-11(23)5-12(24)7-13)20(30-17)10(2)29-19-14(8-26)18(27)31-22(28)32-19/h3-7,10H,1-2H3,(H5,27,28,29,31,32)/t10-/m0/s1. The lowest BCUT2D eigenvalue weighted by Crippen LogP contribution is -2.28. The molecule has 172 valence electrons. The fourth-order valence-corrected chi connectivity index (χ4v) is 3.62. The molecule has 1 atom stereocenters. The summed E-state index contributed by atoms with van der Waals surface area (Å²) in [5.74, 6) is -3.16. The van der Waals surface area contributed by atoms with Gasteiger partial charge in [0.2, 0.25) is 5.95 Å². The van der Waals surface area contributed by atoms with Crippen molar-refractivity contribution in [3.8, 4) is 11.8 Å². The van der Waals surface area contributed by atoms with Gasteiger partial charge in [0.05, 0.1) is 17.1 Å². The minimum Gasteiger partial charge on any atom is -0.382 e. The molecule has 2 aromatic heterocycles. The van der Waals surface area contributed by atoms with E-state index in [1.165, 1.54) is 13.0 Å². The summed E-state index contributed by atoms with van der Waals surface area (Å²) in [6.45, 7) is 3.12. The number of anilines is 3. The Kier molecular flexibility index (Phi) is 5.54. The van der Waals surface area contributed by atoms with Crippen LogP contribution in [-0.4, -0.2) is 19.5 Å². The Labute approximate surface area is 190 Å². The molecule has 0 unspecified atom stereocenters. The first-order valence-corrected chi connectivity index (χ1v) is 9.88. The van der Waals surface area contributed by atoms with Crippen molar-refractivity contribution >= 4 is 28.5 Å². The number of nitrogens with one attached hydrogen (secondary N) is 1. The van der Waals surface area contributed by atoms with Gasteiger partial charge in [-0.05, 0) is 37.6 Å². The predicted molar refractivity (Wildman–Crippen MR) is 120 cm³/mol. The zero-order valence-electron chi connectivity index (χ0n) is 17.9. The second-order valence-corrected chi connectivity index (χ2v) is 7.49. The minimum atomic E-state index is -0.941. The molecule has 0 saturated carbocycles. The van der Waals surface area contributed by atoms with E-state index in [0.717, 1.165) is 22.8 Å². The number of halogens is 3. The number of nitrogens with two attached hydrogens (primary N) is 2. The van der Waals surface area contributed by atoms with Gasteiger partial charge in [-0.15, -0.1) is 0 Å². The van der Waals surface area contributed by atoms with Crippen molar-refractivity contribution in [2.45, 2.75) is 19.9 Å². The average molecular weight is 466 g/mol. The molecule has 5 N–H and O–H groups in total. The maximum atomic E-state index is 14.7. The Morgan fingerprint density at radius 1 is 1.09 bits per heavy atom. The van der Waals surface area contributed by atoms with E-state index in [9.17, 15) is 23.2 Å². The van der Waals surface area contributed by atoms with E-state index in [4.69, 9.17) is 11.5 Å². The van der Waals surface area contributed by atoms with Gasteiger partial charge in [0.25, 0.3) is 5.56 Å². The molecule has 0 spiro atoms. The third kappa shape index (κ3) is 3.83. The first-order valence-electron chi connectivity index (χ1n) is 9.88. The molecule has 4 aromatic rings. The van der Waals surface area contributed by atoms with Crippen LogP contribution in [0.3, 0.4) is 0 Å². The average Bonchev–Trinajstić information content (AvgIpc) is 2.74. The number of nitrogens with zero attached hydrogens (tertiary/aromatic N) is 5. The number of hydrogen-bond acceptors (Lipinski definition) is 8. The Hall–Kier alpha value is -4.66. The number of fused-ring (bicyclic) bond motifs is 1. The van der Waals surface area contributed by atoms with E-state index in [1.807, 2.05) is 6.07 Å². The summed E-state index contributed by atoms with van der Waals surface area (Å²) in [6, 6.07) is 6.03. The Morgan fingerprint density at radius 3 is 2.41 bits per heavy atom. The van der Waals surface area contributed by atoms with Gasteiger partial charge in [-0.1, -0.05) is 6.07 Å². The van der Waals surface area contributed by atoms with E-state index < -0.39 is 29.1 Å². The van der Waals surface area contributed by atoms with Gasteiger partial charge in [-0.25, -0.2) is 18.2 Å². The Bertz CT molecular complexity index is 1540. The summed E-state index contributed by atoms with van der Waals surface area (Å²) in [5, 5.41) is 12.2. The van der Waals surface area contributed by atoms with Gasteiger partial charge in [0.15, 0.2) is 5.82 Å². The van der Waals surface area contributed by atoms with Crippen molar-refractivity contribution in [3.63, 3.8) is 0 Å². The summed E-state index contributed by atoms with van der Waals surface area (Å²) in [7, 11) is 0. The summed E-state index contributed by atoms with van der Waals surface area (Å²) >= 11 is 0. The van der Waals surface area contributed by atoms with Crippen molar-refractivity contribution in [2.24, 2.45) is 0 Å². The molecule has 12 heteroatoms. The molecule has 2 aromatic carbocycles. The summed E-state index contributed by atoms with van der Waals surface area (Å²) in [5.41, 5.74) is 10.6. The van der Waals surface area contributed by atoms with E-state index >= 15 is 0 Å². The third-order valence-electron chi connectivity index (χ3n) is 5.12. The van der Waals surface area contributed by atoms with E-state index in [-0.39, 0.29) is 45.6 Å². The van der Waals surface area contributed by atoms with Crippen LogP contribution < -0.4 is 22.3 Å². The zero-order valence-corrected chi connectivity index (χ0v) is 17.9. The summed E-state index contributed by atoms with van der Waals surface area (Å²) in [6.07, 6.45) is 0. The number of aromatic nitrogens is 4. The predicted octanol–water partition coefficient (Wildman–Crippen LogP) is 3.11. The highest BCUT2D eigenvalue weighted by molar-refractivity contribution is 5.82. The topological polar surface area (TPSA) is 149 Å². The van der Waals surface area contributed by atoms with Gasteiger partial charge in [0.1, 0.15) is 46.2 Å². The molecule has 9 nitrogen and oxygen atoms in total. The maximum Gasteiger partial charge on any atom is 0.266 e. The Morgan fingerprint density at radius 2 is 1.76 bits per heavy atom. The highest BCUT2D eigenvalue weighted by Gasteiger charge is 2.23. The zero-order chi connectivity index (χ0) is 24.7. The molecule has 0 aliphatic rings. The normalized spacial score (nSPS) is 11.9. The van der Waals surface area contributed by atoms with E-state index in [1.54, 1.807) is 6.92 Å². The molecule has 4 rings (SSSR count). The van der Waals surface area contributed by atoms with Crippen molar-refractivity contribution in [2.75, 3.05) is 16.8 Å². The highest BCUT2D eigenvalue weighted by atomic mass is 19.1. The first-order chi connectivity index (χ1) is 16.1. The largest absolute Gasteiger partial charge is 0.382 e. The number of hydrogen-bond donors (Lipinski definition) is 3. The van der Waals surface area contributed by atoms with Crippen LogP contribution >= 0.6 is 0 Å².